The molecule has 5 nitrogen and oxygen atoms in total. The molecule has 0 radical (unpaired) electrons. The van der Waals surface area contributed by atoms with Gasteiger partial charge in [0.05, 0.1) is 20.3 Å². The van der Waals surface area contributed by atoms with Crippen LogP contribution < -0.4 is 9.47 Å². The van der Waals surface area contributed by atoms with Crippen molar-refractivity contribution in [2.45, 2.75) is 19.1 Å². The molecular weight excluding hydrogens is 224 g/mol. The second kappa shape index (κ2) is 6.44. The van der Waals surface area contributed by atoms with Gasteiger partial charge in [0, 0.05) is 0 Å². The molecule has 0 aliphatic carbocycles. The van der Waals surface area contributed by atoms with Gasteiger partial charge in [0.1, 0.15) is 12.2 Å². The Hall–Kier alpha value is -1.30. The Morgan fingerprint density at radius 2 is 1.94 bits per heavy atom. The van der Waals surface area contributed by atoms with Crippen molar-refractivity contribution in [3.05, 3.63) is 23.8 Å². The largest absolute Gasteiger partial charge is 0.493 e. The maximum atomic E-state index is 9.72. The Balaban J connectivity index is 2.96. The Labute approximate surface area is 100 Å². The second-order valence-electron chi connectivity index (χ2n) is 3.54. The molecule has 3 N–H and O–H groups in total. The first-order valence-electron chi connectivity index (χ1n) is 5.41. The van der Waals surface area contributed by atoms with Crippen LogP contribution in [-0.4, -0.2) is 41.7 Å². The van der Waals surface area contributed by atoms with Gasteiger partial charge in [0.2, 0.25) is 0 Å². The van der Waals surface area contributed by atoms with E-state index >= 15 is 0 Å². The molecule has 1 rings (SSSR count). The van der Waals surface area contributed by atoms with Gasteiger partial charge in [-0.25, -0.2) is 0 Å². The highest BCUT2D eigenvalue weighted by Gasteiger charge is 2.19. The molecule has 0 heterocycles. The number of ether oxygens (including phenoxy) is 2. The number of hydrogen-bond acceptors (Lipinski definition) is 5. The molecule has 96 valence electrons. The van der Waals surface area contributed by atoms with Crippen molar-refractivity contribution < 1.29 is 24.8 Å². The van der Waals surface area contributed by atoms with Crippen LogP contribution in [0.4, 0.5) is 0 Å². The molecule has 0 aliphatic rings. The Morgan fingerprint density at radius 1 is 1.24 bits per heavy atom. The van der Waals surface area contributed by atoms with E-state index in [1.165, 1.54) is 7.11 Å². The molecule has 0 spiro atoms. The minimum absolute atomic E-state index is 0.465. The van der Waals surface area contributed by atoms with Crippen LogP contribution in [0.5, 0.6) is 11.5 Å². The minimum atomic E-state index is -1.21. The monoisotopic (exact) mass is 242 g/mol. The lowest BCUT2D eigenvalue weighted by Gasteiger charge is -2.17. The predicted molar refractivity (Wildman–Crippen MR) is 62.2 cm³/mol. The van der Waals surface area contributed by atoms with Crippen LogP contribution in [0.3, 0.4) is 0 Å². The molecule has 2 unspecified atom stereocenters. The topological polar surface area (TPSA) is 79.2 Å². The summed E-state index contributed by atoms with van der Waals surface area (Å²) in [5, 5.41) is 27.8. The fourth-order valence-corrected chi connectivity index (χ4v) is 1.46. The molecule has 0 amide bonds. The quantitative estimate of drug-likeness (QED) is 0.676. The first kappa shape index (κ1) is 13.8. The molecule has 0 bridgehead atoms. The standard InChI is InChI=1S/C12H18O5/c1-3-17-10-5-4-8(6-11(10)16-2)12(15)9(14)7-13/h4-6,9,12-15H,3,7H2,1-2H3. The van der Waals surface area contributed by atoms with Gasteiger partial charge < -0.3 is 24.8 Å². The summed E-state index contributed by atoms with van der Waals surface area (Å²) in [5.41, 5.74) is 0.465. The SMILES string of the molecule is CCOc1ccc(C(O)C(O)CO)cc1OC. The Bertz CT molecular complexity index is 353. The van der Waals surface area contributed by atoms with Crippen LogP contribution in [0.15, 0.2) is 18.2 Å². The number of methoxy groups -OCH3 is 1. The van der Waals surface area contributed by atoms with Crippen molar-refractivity contribution in [1.29, 1.82) is 0 Å². The molecule has 0 saturated carbocycles. The van der Waals surface area contributed by atoms with Gasteiger partial charge in [-0.15, -0.1) is 0 Å². The van der Waals surface area contributed by atoms with Crippen LogP contribution in [-0.2, 0) is 0 Å². The summed E-state index contributed by atoms with van der Waals surface area (Å²) in [6.45, 7) is 1.87. The van der Waals surface area contributed by atoms with E-state index < -0.39 is 18.8 Å². The number of rotatable bonds is 6. The van der Waals surface area contributed by atoms with Crippen LogP contribution in [0.25, 0.3) is 0 Å². The third kappa shape index (κ3) is 3.33. The van der Waals surface area contributed by atoms with Gasteiger partial charge in [-0.2, -0.15) is 0 Å². The van der Waals surface area contributed by atoms with Gasteiger partial charge in [-0.1, -0.05) is 6.07 Å². The molecule has 1 aromatic carbocycles. The fourth-order valence-electron chi connectivity index (χ4n) is 1.46. The summed E-state index contributed by atoms with van der Waals surface area (Å²) in [6, 6.07) is 4.86. The smallest absolute Gasteiger partial charge is 0.161 e. The van der Waals surface area contributed by atoms with E-state index in [1.807, 2.05) is 6.92 Å². The molecule has 0 saturated heterocycles. The lowest BCUT2D eigenvalue weighted by molar-refractivity contribution is -0.0153. The molecule has 0 fully saturated rings. The van der Waals surface area contributed by atoms with Crippen molar-refractivity contribution >= 4 is 0 Å². The summed E-state index contributed by atoms with van der Waals surface area (Å²) in [4.78, 5) is 0. The molecular formula is C12H18O5. The van der Waals surface area contributed by atoms with Gasteiger partial charge in [0.25, 0.3) is 0 Å². The molecule has 17 heavy (non-hydrogen) atoms. The summed E-state index contributed by atoms with van der Waals surface area (Å²) < 4.78 is 10.5. The highest BCUT2D eigenvalue weighted by Crippen LogP contribution is 2.31. The van der Waals surface area contributed by atoms with Crippen molar-refractivity contribution in [3.63, 3.8) is 0 Å². The highest BCUT2D eigenvalue weighted by atomic mass is 16.5. The normalized spacial score (nSPS) is 14.2. The average molecular weight is 242 g/mol. The first-order chi connectivity index (χ1) is 8.13. The van der Waals surface area contributed by atoms with E-state index in [9.17, 15) is 10.2 Å². The number of aliphatic hydroxyl groups is 3. The van der Waals surface area contributed by atoms with E-state index in [1.54, 1.807) is 18.2 Å². The molecule has 0 aliphatic heterocycles. The van der Waals surface area contributed by atoms with E-state index in [-0.39, 0.29) is 0 Å². The second-order valence-corrected chi connectivity index (χ2v) is 3.54. The van der Waals surface area contributed by atoms with E-state index in [4.69, 9.17) is 14.6 Å². The van der Waals surface area contributed by atoms with E-state index in [0.29, 0.717) is 23.7 Å². The molecule has 2 atom stereocenters. The van der Waals surface area contributed by atoms with E-state index in [0.717, 1.165) is 0 Å². The summed E-state index contributed by atoms with van der Waals surface area (Å²) >= 11 is 0. The van der Waals surface area contributed by atoms with Crippen LogP contribution in [0, 0.1) is 0 Å². The summed E-state index contributed by atoms with van der Waals surface area (Å²) in [5.74, 6) is 1.05. The summed E-state index contributed by atoms with van der Waals surface area (Å²) in [6.07, 6.45) is -2.36. The summed E-state index contributed by atoms with van der Waals surface area (Å²) in [7, 11) is 1.50. The van der Waals surface area contributed by atoms with Crippen LogP contribution >= 0.6 is 0 Å². The third-order valence-corrected chi connectivity index (χ3v) is 2.38. The van der Waals surface area contributed by atoms with Crippen molar-refractivity contribution in [3.8, 4) is 11.5 Å². The fraction of sp³-hybridized carbons (Fsp3) is 0.500. The third-order valence-electron chi connectivity index (χ3n) is 2.38. The maximum Gasteiger partial charge on any atom is 0.161 e. The zero-order chi connectivity index (χ0) is 12.8. The van der Waals surface area contributed by atoms with Gasteiger partial charge in [0.15, 0.2) is 11.5 Å². The Morgan fingerprint density at radius 3 is 2.47 bits per heavy atom. The number of benzene rings is 1. The number of hydrogen-bond donors (Lipinski definition) is 3. The predicted octanol–water partition coefficient (Wildman–Crippen LogP) is 0.480. The first-order valence-corrected chi connectivity index (χ1v) is 5.41. The van der Waals surface area contributed by atoms with Gasteiger partial charge in [-0.05, 0) is 24.6 Å². The van der Waals surface area contributed by atoms with Crippen LogP contribution in [0.1, 0.15) is 18.6 Å². The van der Waals surface area contributed by atoms with Crippen molar-refractivity contribution in [1.82, 2.24) is 0 Å². The Kier molecular flexibility index (Phi) is 5.21. The zero-order valence-corrected chi connectivity index (χ0v) is 9.96. The van der Waals surface area contributed by atoms with Gasteiger partial charge in [-0.3, -0.25) is 0 Å². The average Bonchev–Trinajstić information content (AvgIpc) is 2.37. The zero-order valence-electron chi connectivity index (χ0n) is 9.96. The molecule has 0 aromatic heterocycles. The minimum Gasteiger partial charge on any atom is -0.493 e. The van der Waals surface area contributed by atoms with Gasteiger partial charge >= 0.3 is 0 Å². The maximum absolute atomic E-state index is 9.72. The highest BCUT2D eigenvalue weighted by molar-refractivity contribution is 5.43. The van der Waals surface area contributed by atoms with Crippen LogP contribution in [0.2, 0.25) is 0 Å². The lowest BCUT2D eigenvalue weighted by atomic mass is 10.0. The lowest BCUT2D eigenvalue weighted by Crippen LogP contribution is -2.22. The van der Waals surface area contributed by atoms with Crippen molar-refractivity contribution in [2.75, 3.05) is 20.3 Å². The van der Waals surface area contributed by atoms with Crippen molar-refractivity contribution in [2.24, 2.45) is 0 Å². The molecule has 1 aromatic rings. The molecule has 5 heteroatoms. The van der Waals surface area contributed by atoms with E-state index in [2.05, 4.69) is 0 Å². The number of aliphatic hydroxyl groups excluding tert-OH is 3.